The summed E-state index contributed by atoms with van der Waals surface area (Å²) in [6.07, 6.45) is -0.454. The van der Waals surface area contributed by atoms with Crippen molar-refractivity contribution in [1.29, 1.82) is 0 Å². The zero-order valence-corrected chi connectivity index (χ0v) is 15.7. The van der Waals surface area contributed by atoms with Gasteiger partial charge < -0.3 is 29.0 Å². The second-order valence-corrected chi connectivity index (χ2v) is 6.45. The Morgan fingerprint density at radius 2 is 1.63 bits per heavy atom. The van der Waals surface area contributed by atoms with Crippen LogP contribution in [0.1, 0.15) is 12.0 Å². The van der Waals surface area contributed by atoms with Gasteiger partial charge in [0.15, 0.2) is 0 Å². The van der Waals surface area contributed by atoms with E-state index in [0.717, 1.165) is 5.56 Å². The number of carboxylic acids is 1. The molecule has 0 aromatic heterocycles. The van der Waals surface area contributed by atoms with Crippen LogP contribution in [0.2, 0.25) is 0 Å². The number of rotatable bonds is 11. The fraction of sp³-hybridized carbons (Fsp3) is 0.579. The molecule has 0 bridgehead atoms. The van der Waals surface area contributed by atoms with Crippen LogP contribution < -0.4 is 0 Å². The molecule has 0 radical (unpaired) electrons. The van der Waals surface area contributed by atoms with Gasteiger partial charge in [-0.05, 0) is 12.0 Å². The molecular weight excluding hydrogens is 354 g/mol. The Balaban J connectivity index is 1.96. The van der Waals surface area contributed by atoms with Crippen molar-refractivity contribution in [3.63, 3.8) is 0 Å². The first-order valence-electron chi connectivity index (χ1n) is 8.80. The lowest BCUT2D eigenvalue weighted by molar-refractivity contribution is -0.145. The van der Waals surface area contributed by atoms with Crippen molar-refractivity contribution >= 4 is 11.9 Å². The lowest BCUT2D eigenvalue weighted by Crippen LogP contribution is -2.33. The van der Waals surface area contributed by atoms with Gasteiger partial charge in [-0.3, -0.25) is 9.59 Å². The maximum atomic E-state index is 12.7. The molecule has 1 aromatic carbocycles. The highest BCUT2D eigenvalue weighted by Crippen LogP contribution is 2.21. The minimum Gasteiger partial charge on any atom is -0.481 e. The van der Waals surface area contributed by atoms with Crippen LogP contribution in [0.3, 0.4) is 0 Å². The molecule has 27 heavy (non-hydrogen) atoms. The molecule has 2 rings (SSSR count). The third-order valence-electron chi connectivity index (χ3n) is 4.46. The molecule has 0 saturated carbocycles. The van der Waals surface area contributed by atoms with E-state index in [9.17, 15) is 14.7 Å². The van der Waals surface area contributed by atoms with E-state index in [0.29, 0.717) is 19.5 Å². The number of hydrogen-bond donors (Lipinski definition) is 1. The fourth-order valence-corrected chi connectivity index (χ4v) is 3.06. The van der Waals surface area contributed by atoms with Gasteiger partial charge in [0.2, 0.25) is 5.91 Å². The van der Waals surface area contributed by atoms with E-state index < -0.39 is 11.9 Å². The van der Waals surface area contributed by atoms with E-state index in [1.165, 1.54) is 14.2 Å². The van der Waals surface area contributed by atoms with Crippen molar-refractivity contribution in [2.45, 2.75) is 25.0 Å². The van der Waals surface area contributed by atoms with E-state index in [1.54, 1.807) is 4.90 Å². The van der Waals surface area contributed by atoms with Crippen molar-refractivity contribution in [3.05, 3.63) is 35.9 Å². The summed E-state index contributed by atoms with van der Waals surface area (Å²) in [6, 6.07) is 9.30. The molecule has 8 heteroatoms. The van der Waals surface area contributed by atoms with Gasteiger partial charge in [-0.1, -0.05) is 30.3 Å². The summed E-state index contributed by atoms with van der Waals surface area (Å²) in [5.41, 5.74) is 0.890. The monoisotopic (exact) mass is 381 g/mol. The van der Waals surface area contributed by atoms with Gasteiger partial charge in [-0.2, -0.15) is 0 Å². The average molecular weight is 381 g/mol. The number of nitrogens with zero attached hydrogens (tertiary/aromatic N) is 1. The predicted octanol–water partition coefficient (Wildman–Crippen LogP) is 1.14. The lowest BCUT2D eigenvalue weighted by Gasteiger charge is -2.19. The maximum Gasteiger partial charge on any atom is 0.307 e. The van der Waals surface area contributed by atoms with Crippen molar-refractivity contribution in [1.82, 2.24) is 4.90 Å². The summed E-state index contributed by atoms with van der Waals surface area (Å²) in [7, 11) is 3.04. The number of likely N-dealkylation sites (tertiary alicyclic amines) is 1. The van der Waals surface area contributed by atoms with Gasteiger partial charge >= 0.3 is 5.97 Å². The van der Waals surface area contributed by atoms with Crippen LogP contribution in [0.25, 0.3) is 0 Å². The predicted molar refractivity (Wildman–Crippen MR) is 96.0 cm³/mol. The van der Waals surface area contributed by atoms with Gasteiger partial charge in [-0.25, -0.2) is 0 Å². The van der Waals surface area contributed by atoms with Gasteiger partial charge in [-0.15, -0.1) is 0 Å². The molecule has 1 aromatic rings. The van der Waals surface area contributed by atoms with Crippen LogP contribution in [-0.4, -0.2) is 75.0 Å². The highest BCUT2D eigenvalue weighted by Gasteiger charge is 2.38. The minimum atomic E-state index is -0.981. The van der Waals surface area contributed by atoms with Crippen molar-refractivity contribution < 1.29 is 33.6 Å². The Morgan fingerprint density at radius 1 is 1.07 bits per heavy atom. The Bertz CT molecular complexity index is 579. The molecule has 1 fully saturated rings. The number of carbonyl (C=O) groups excluding carboxylic acids is 1. The Hall–Kier alpha value is -2.00. The largest absolute Gasteiger partial charge is 0.481 e. The molecule has 150 valence electrons. The fourth-order valence-electron chi connectivity index (χ4n) is 3.06. The third kappa shape index (κ3) is 6.59. The first-order valence-corrected chi connectivity index (χ1v) is 8.80. The zero-order chi connectivity index (χ0) is 19.6. The summed E-state index contributed by atoms with van der Waals surface area (Å²) < 4.78 is 21.0. The van der Waals surface area contributed by atoms with Crippen LogP contribution >= 0.6 is 0 Å². The second-order valence-electron chi connectivity index (χ2n) is 6.45. The van der Waals surface area contributed by atoms with E-state index in [1.807, 2.05) is 30.3 Å². The molecule has 3 atom stereocenters. The van der Waals surface area contributed by atoms with Crippen LogP contribution in [0.4, 0.5) is 0 Å². The van der Waals surface area contributed by atoms with Crippen LogP contribution in [0, 0.1) is 5.92 Å². The second kappa shape index (κ2) is 11.0. The number of hydrogen-bond acceptors (Lipinski definition) is 6. The quantitative estimate of drug-likeness (QED) is 0.575. The highest BCUT2D eigenvalue weighted by molar-refractivity contribution is 5.82. The molecule has 0 aliphatic carbocycles. The summed E-state index contributed by atoms with van der Waals surface area (Å²) >= 11 is 0. The van der Waals surface area contributed by atoms with E-state index in [4.69, 9.17) is 18.9 Å². The number of carbonyl (C=O) groups is 2. The number of aliphatic carboxylic acids is 1. The Kier molecular flexibility index (Phi) is 8.66. The molecule has 1 aliphatic rings. The SMILES string of the molecule is COCO[C@H]1CN(C(=O)C[C@@H](Cc2ccccc2)C(=O)O)C[C@H]1OCOC. The average Bonchev–Trinajstić information content (AvgIpc) is 3.08. The molecule has 0 spiro atoms. The molecule has 1 amide bonds. The Morgan fingerprint density at radius 3 is 2.11 bits per heavy atom. The molecule has 1 aliphatic heterocycles. The van der Waals surface area contributed by atoms with Crippen molar-refractivity contribution in [3.8, 4) is 0 Å². The van der Waals surface area contributed by atoms with E-state index in [-0.39, 0.29) is 38.1 Å². The highest BCUT2D eigenvalue weighted by atomic mass is 16.7. The smallest absolute Gasteiger partial charge is 0.307 e. The number of benzene rings is 1. The van der Waals surface area contributed by atoms with E-state index in [2.05, 4.69) is 0 Å². The number of amides is 1. The van der Waals surface area contributed by atoms with Crippen molar-refractivity contribution in [2.75, 3.05) is 40.9 Å². The number of carboxylic acid groups (broad SMARTS) is 1. The minimum absolute atomic E-state index is 0.0712. The summed E-state index contributed by atoms with van der Waals surface area (Å²) in [5, 5.41) is 9.51. The van der Waals surface area contributed by atoms with Gasteiger partial charge in [0.25, 0.3) is 0 Å². The molecule has 1 heterocycles. The molecule has 0 unspecified atom stereocenters. The first kappa shape index (κ1) is 21.3. The van der Waals surface area contributed by atoms with Crippen molar-refractivity contribution in [2.24, 2.45) is 5.92 Å². The van der Waals surface area contributed by atoms with Crippen LogP contribution in [0.15, 0.2) is 30.3 Å². The normalized spacial score (nSPS) is 20.6. The van der Waals surface area contributed by atoms with Gasteiger partial charge in [0, 0.05) is 33.7 Å². The zero-order valence-electron chi connectivity index (χ0n) is 15.7. The lowest BCUT2D eigenvalue weighted by atomic mass is 9.96. The summed E-state index contributed by atoms with van der Waals surface area (Å²) in [6.45, 7) is 0.832. The standard InChI is InChI=1S/C19H27NO7/c1-24-12-26-16-10-20(11-17(16)27-13-25-2)18(21)9-15(19(22)23)8-14-6-4-3-5-7-14/h3-7,15-17H,8-13H2,1-2H3,(H,22,23)/t15-,16-,17+/m1/s1. The number of ether oxygens (including phenoxy) is 4. The summed E-state index contributed by atoms with van der Waals surface area (Å²) in [5.74, 6) is -1.99. The Labute approximate surface area is 159 Å². The number of methoxy groups -OCH3 is 2. The molecular formula is C19H27NO7. The molecule has 1 N–H and O–H groups in total. The van der Waals surface area contributed by atoms with Crippen LogP contribution in [-0.2, 0) is 35.0 Å². The third-order valence-corrected chi connectivity index (χ3v) is 4.46. The van der Waals surface area contributed by atoms with Gasteiger partial charge in [0.05, 0.1) is 5.92 Å². The molecule has 1 saturated heterocycles. The van der Waals surface area contributed by atoms with Crippen LogP contribution in [0.5, 0.6) is 0 Å². The van der Waals surface area contributed by atoms with E-state index >= 15 is 0 Å². The molecule has 8 nitrogen and oxygen atoms in total. The maximum absolute atomic E-state index is 12.7. The first-order chi connectivity index (χ1) is 13.0. The topological polar surface area (TPSA) is 94.5 Å². The van der Waals surface area contributed by atoms with Gasteiger partial charge in [0.1, 0.15) is 25.8 Å². The summed E-state index contributed by atoms with van der Waals surface area (Å²) in [4.78, 5) is 25.9.